The van der Waals surface area contributed by atoms with Crippen LogP contribution in [0.25, 0.3) is 11.1 Å². The third-order valence-electron chi connectivity index (χ3n) is 5.76. The van der Waals surface area contributed by atoms with Crippen LogP contribution in [-0.2, 0) is 20.8 Å². The highest BCUT2D eigenvalue weighted by atomic mass is 16.7. The minimum Gasteiger partial charge on any atom is -0.444 e. The molecule has 3 aromatic carbocycles. The van der Waals surface area contributed by atoms with Crippen molar-refractivity contribution in [2.75, 3.05) is 18.3 Å². The molecule has 3 rings (SSSR count). The predicted molar refractivity (Wildman–Crippen MR) is 145 cm³/mol. The Kier molecular flexibility index (Phi) is 9.08. The maximum absolute atomic E-state index is 13.5. The van der Waals surface area contributed by atoms with Crippen molar-refractivity contribution in [3.63, 3.8) is 0 Å². The number of benzene rings is 3. The summed E-state index contributed by atoms with van der Waals surface area (Å²) in [7, 11) is 0. The van der Waals surface area contributed by atoms with Gasteiger partial charge in [0.15, 0.2) is 0 Å². The van der Waals surface area contributed by atoms with Crippen molar-refractivity contribution < 1.29 is 24.3 Å². The van der Waals surface area contributed by atoms with E-state index in [1.54, 1.807) is 45.0 Å². The molecule has 2 N–H and O–H groups in total. The maximum Gasteiger partial charge on any atom is 0.408 e. The summed E-state index contributed by atoms with van der Waals surface area (Å²) in [4.78, 5) is 31.9. The van der Waals surface area contributed by atoms with Crippen LogP contribution in [0.4, 0.5) is 10.5 Å². The molecule has 7 heteroatoms. The summed E-state index contributed by atoms with van der Waals surface area (Å²) >= 11 is 0. The average molecular weight is 505 g/mol. The van der Waals surface area contributed by atoms with E-state index in [2.05, 4.69) is 36.5 Å². The van der Waals surface area contributed by atoms with Crippen molar-refractivity contribution in [1.82, 2.24) is 5.32 Å². The third kappa shape index (κ3) is 7.65. The van der Waals surface area contributed by atoms with E-state index < -0.39 is 29.7 Å². The Balaban J connectivity index is 1.72. The summed E-state index contributed by atoms with van der Waals surface area (Å²) in [6.45, 7) is 8.25. The second-order valence-electron chi connectivity index (χ2n) is 10.1. The number of ether oxygens (including phenoxy) is 1. The lowest BCUT2D eigenvalue weighted by atomic mass is 9.99. The molecule has 0 aliphatic rings. The van der Waals surface area contributed by atoms with Crippen molar-refractivity contribution in [2.45, 2.75) is 52.2 Å². The highest BCUT2D eigenvalue weighted by Gasteiger charge is 2.40. The summed E-state index contributed by atoms with van der Waals surface area (Å²) in [6, 6.07) is 25.3. The molecule has 0 aliphatic heterocycles. The lowest BCUT2D eigenvalue weighted by Gasteiger charge is -2.33. The molecule has 196 valence electrons. The number of aryl methyl sites for hydroxylation is 1. The van der Waals surface area contributed by atoms with Crippen LogP contribution >= 0.6 is 0 Å². The fraction of sp³-hybridized carbons (Fsp3) is 0.333. The molecule has 0 saturated heterocycles. The highest BCUT2D eigenvalue weighted by molar-refractivity contribution is 6.00. The van der Waals surface area contributed by atoms with Gasteiger partial charge in [-0.05, 0) is 75.4 Å². The van der Waals surface area contributed by atoms with Crippen molar-refractivity contribution in [2.24, 2.45) is 0 Å². The second kappa shape index (κ2) is 12.0. The van der Waals surface area contributed by atoms with Crippen LogP contribution in [0.1, 0.15) is 38.8 Å². The Morgan fingerprint density at radius 3 is 2.11 bits per heavy atom. The van der Waals surface area contributed by atoms with Crippen molar-refractivity contribution in [3.05, 3.63) is 90.0 Å². The molecule has 37 heavy (non-hydrogen) atoms. The minimum atomic E-state index is -1.66. The molecule has 2 amide bonds. The van der Waals surface area contributed by atoms with Gasteiger partial charge < -0.3 is 15.2 Å². The first-order valence-electron chi connectivity index (χ1n) is 12.3. The Bertz CT molecular complexity index is 1190. The van der Waals surface area contributed by atoms with Gasteiger partial charge in [0.05, 0.1) is 18.9 Å². The first kappa shape index (κ1) is 27.9. The molecular weight excluding hydrogens is 468 g/mol. The normalized spacial score (nSPS) is 12.9. The van der Waals surface area contributed by atoms with E-state index in [1.165, 1.54) is 18.1 Å². The number of hydroxylamine groups is 1. The molecule has 1 atom stereocenters. The Morgan fingerprint density at radius 2 is 1.51 bits per heavy atom. The number of hydrogen-bond acceptors (Lipinski definition) is 5. The van der Waals surface area contributed by atoms with Crippen LogP contribution in [0.2, 0.25) is 0 Å². The van der Waals surface area contributed by atoms with E-state index in [4.69, 9.17) is 9.57 Å². The van der Waals surface area contributed by atoms with Gasteiger partial charge in [0.2, 0.25) is 0 Å². The molecule has 0 saturated carbocycles. The largest absolute Gasteiger partial charge is 0.444 e. The molecule has 0 aromatic heterocycles. The molecule has 7 nitrogen and oxygen atoms in total. The van der Waals surface area contributed by atoms with Gasteiger partial charge in [-0.25, -0.2) is 4.79 Å². The zero-order chi connectivity index (χ0) is 27.1. The number of amides is 2. The number of nitrogens with one attached hydrogen (secondary N) is 1. The summed E-state index contributed by atoms with van der Waals surface area (Å²) < 4.78 is 5.29. The van der Waals surface area contributed by atoms with Crippen LogP contribution in [0.15, 0.2) is 78.9 Å². The average Bonchev–Trinajstić information content (AvgIpc) is 2.86. The van der Waals surface area contributed by atoms with E-state index in [9.17, 15) is 14.7 Å². The smallest absolute Gasteiger partial charge is 0.408 e. The number of nitrogens with zero attached hydrogens (tertiary/aromatic N) is 1. The number of aliphatic hydroxyl groups is 1. The van der Waals surface area contributed by atoms with Gasteiger partial charge in [-0.2, -0.15) is 5.06 Å². The number of carbonyl (C=O) groups is 2. The maximum atomic E-state index is 13.5. The Morgan fingerprint density at radius 1 is 0.892 bits per heavy atom. The molecule has 0 bridgehead atoms. The molecule has 3 aromatic rings. The zero-order valence-electron chi connectivity index (χ0n) is 22.2. The first-order valence-corrected chi connectivity index (χ1v) is 12.3. The van der Waals surface area contributed by atoms with Crippen LogP contribution in [-0.4, -0.2) is 41.5 Å². The second-order valence-corrected chi connectivity index (χ2v) is 10.1. The van der Waals surface area contributed by atoms with Gasteiger partial charge in [0.1, 0.15) is 11.1 Å². The number of carbonyl (C=O) groups excluding carboxylic acids is 2. The molecule has 0 heterocycles. The van der Waals surface area contributed by atoms with Gasteiger partial charge in [-0.3, -0.25) is 9.63 Å². The van der Waals surface area contributed by atoms with E-state index in [-0.39, 0.29) is 6.61 Å². The number of para-hydroxylation sites is 1. The van der Waals surface area contributed by atoms with Crippen molar-refractivity contribution in [1.29, 1.82) is 0 Å². The van der Waals surface area contributed by atoms with E-state index in [1.807, 2.05) is 30.3 Å². The highest BCUT2D eigenvalue weighted by Crippen LogP contribution is 2.24. The molecule has 0 spiro atoms. The number of alkyl carbamates (subject to hydrolysis) is 1. The third-order valence-corrected chi connectivity index (χ3v) is 5.76. The topological polar surface area (TPSA) is 88.1 Å². The van der Waals surface area contributed by atoms with Gasteiger partial charge in [0, 0.05) is 0 Å². The minimum absolute atomic E-state index is 0.207. The number of aliphatic hydroxyl groups excluding tert-OH is 1. The number of anilines is 1. The standard InChI is InChI=1S/C30H36N2O5/c1-22-11-9-10-14-26(22)24-17-15-23(16-18-24)19-20-36-32(25-12-7-6-8-13-25)27(34)30(5,21-33)31-28(35)37-29(2,3)4/h6-18,33H,19-21H2,1-5H3,(H,31,35). The molecular formula is C30H36N2O5. The quantitative estimate of drug-likeness (QED) is 0.379. The lowest BCUT2D eigenvalue weighted by Crippen LogP contribution is -2.61. The van der Waals surface area contributed by atoms with Gasteiger partial charge in [-0.1, -0.05) is 66.7 Å². The molecule has 0 aliphatic carbocycles. The molecule has 0 radical (unpaired) electrons. The first-order chi connectivity index (χ1) is 17.5. The number of rotatable bonds is 9. The summed E-state index contributed by atoms with van der Waals surface area (Å²) in [5, 5.41) is 13.7. The van der Waals surface area contributed by atoms with Crippen LogP contribution in [0, 0.1) is 6.92 Å². The van der Waals surface area contributed by atoms with E-state index in [0.29, 0.717) is 12.1 Å². The van der Waals surface area contributed by atoms with E-state index in [0.717, 1.165) is 16.2 Å². The van der Waals surface area contributed by atoms with Gasteiger partial charge >= 0.3 is 6.09 Å². The van der Waals surface area contributed by atoms with Crippen LogP contribution in [0.3, 0.4) is 0 Å². The Labute approximate surface area is 219 Å². The predicted octanol–water partition coefficient (Wildman–Crippen LogP) is 5.45. The molecule has 0 fully saturated rings. The zero-order valence-corrected chi connectivity index (χ0v) is 22.2. The van der Waals surface area contributed by atoms with Crippen LogP contribution in [0.5, 0.6) is 0 Å². The van der Waals surface area contributed by atoms with Crippen molar-refractivity contribution in [3.8, 4) is 11.1 Å². The van der Waals surface area contributed by atoms with E-state index >= 15 is 0 Å². The summed E-state index contributed by atoms with van der Waals surface area (Å²) in [5.41, 5.74) is 2.65. The summed E-state index contributed by atoms with van der Waals surface area (Å²) in [5.74, 6) is -0.623. The molecule has 1 unspecified atom stereocenters. The SMILES string of the molecule is Cc1ccccc1-c1ccc(CCON(C(=O)C(C)(CO)NC(=O)OC(C)(C)C)c2ccccc2)cc1. The van der Waals surface area contributed by atoms with Gasteiger partial charge in [0.25, 0.3) is 5.91 Å². The Hall–Kier alpha value is -3.68. The van der Waals surface area contributed by atoms with Crippen molar-refractivity contribution >= 4 is 17.7 Å². The van der Waals surface area contributed by atoms with Gasteiger partial charge in [-0.15, -0.1) is 0 Å². The number of hydrogen-bond donors (Lipinski definition) is 2. The summed E-state index contributed by atoms with van der Waals surface area (Å²) in [6.07, 6.45) is -0.251. The fourth-order valence-corrected chi connectivity index (χ4v) is 3.73. The fourth-order valence-electron chi connectivity index (χ4n) is 3.73. The lowest BCUT2D eigenvalue weighted by molar-refractivity contribution is -0.133. The van der Waals surface area contributed by atoms with Crippen LogP contribution < -0.4 is 10.4 Å². The monoisotopic (exact) mass is 504 g/mol.